The minimum atomic E-state index is -0.118. The molecule has 0 aliphatic carbocycles. The molecule has 0 radical (unpaired) electrons. The molecule has 0 spiro atoms. The topological polar surface area (TPSA) is 68.5 Å². The Balaban J connectivity index is 2.26. The van der Waals surface area contributed by atoms with Gasteiger partial charge < -0.3 is 4.90 Å². The molecule has 0 aromatic heterocycles. The lowest BCUT2D eigenvalue weighted by atomic mass is 10.1. The van der Waals surface area contributed by atoms with E-state index >= 15 is 0 Å². The average molecular weight is 324 g/mol. The van der Waals surface area contributed by atoms with E-state index in [0.29, 0.717) is 16.4 Å². The predicted molar refractivity (Wildman–Crippen MR) is 95.0 cm³/mol. The summed E-state index contributed by atoms with van der Waals surface area (Å²) >= 11 is 1.33. The Kier molecular flexibility index (Phi) is 5.78. The van der Waals surface area contributed by atoms with Crippen LogP contribution in [0, 0.1) is 11.5 Å². The first-order valence-corrected chi connectivity index (χ1v) is 8.09. The molecule has 5 nitrogen and oxygen atoms in total. The minimum absolute atomic E-state index is 0.118. The third-order valence-corrected chi connectivity index (χ3v) is 3.71. The van der Waals surface area contributed by atoms with Gasteiger partial charge in [0.2, 0.25) is 0 Å². The highest BCUT2D eigenvalue weighted by Gasteiger charge is 2.13. The second kappa shape index (κ2) is 8.01. The van der Waals surface area contributed by atoms with Crippen molar-refractivity contribution in [2.75, 3.05) is 18.2 Å². The Bertz CT molecular complexity index is 753. The quantitative estimate of drug-likeness (QED) is 0.407. The van der Waals surface area contributed by atoms with Crippen molar-refractivity contribution in [1.29, 1.82) is 5.26 Å². The summed E-state index contributed by atoms with van der Waals surface area (Å²) in [6.45, 7) is 0. The predicted octanol–water partition coefficient (Wildman–Crippen LogP) is 3.38. The smallest absolute Gasteiger partial charge is 0.258 e. The number of nitriles is 1. The summed E-state index contributed by atoms with van der Waals surface area (Å²) in [4.78, 5) is 18.5. The van der Waals surface area contributed by atoms with E-state index in [-0.39, 0.29) is 5.91 Å². The van der Waals surface area contributed by atoms with E-state index < -0.39 is 0 Å². The van der Waals surface area contributed by atoms with E-state index in [4.69, 9.17) is 5.26 Å². The molecule has 0 aliphatic heterocycles. The van der Waals surface area contributed by atoms with Gasteiger partial charge in [0.15, 0.2) is 11.4 Å². The number of hydrogen-bond acceptors (Lipinski definition) is 4. The van der Waals surface area contributed by atoms with Gasteiger partial charge in [-0.25, -0.2) is 4.99 Å². The van der Waals surface area contributed by atoms with E-state index in [1.807, 2.05) is 42.8 Å². The summed E-state index contributed by atoms with van der Waals surface area (Å²) < 4.78 is 0. The number of hydrogen-bond donors (Lipinski definition) is 1. The van der Waals surface area contributed by atoms with E-state index in [9.17, 15) is 4.79 Å². The Morgan fingerprint density at radius 3 is 2.61 bits per heavy atom. The van der Waals surface area contributed by atoms with Crippen LogP contribution in [0.3, 0.4) is 0 Å². The van der Waals surface area contributed by atoms with Gasteiger partial charge in [-0.2, -0.15) is 5.26 Å². The maximum atomic E-state index is 12.6. The number of amidine groups is 1. The first kappa shape index (κ1) is 16.6. The van der Waals surface area contributed by atoms with Crippen LogP contribution >= 0.6 is 11.8 Å². The van der Waals surface area contributed by atoms with E-state index in [1.54, 1.807) is 36.2 Å². The van der Waals surface area contributed by atoms with Crippen LogP contribution in [-0.2, 0) is 0 Å². The zero-order valence-electron chi connectivity index (χ0n) is 12.9. The molecule has 0 atom stereocenters. The first-order chi connectivity index (χ1) is 11.2. The molecule has 1 N–H and O–H groups in total. The monoisotopic (exact) mass is 324 g/mol. The number of carbonyl (C=O) groups is 1. The molecule has 0 bridgehead atoms. The highest BCUT2D eigenvalue weighted by atomic mass is 32.2. The number of amides is 1. The normalized spacial score (nSPS) is 10.7. The number of anilines is 1. The van der Waals surface area contributed by atoms with Crippen LogP contribution in [0.1, 0.15) is 10.4 Å². The van der Waals surface area contributed by atoms with Gasteiger partial charge in [-0.1, -0.05) is 36.0 Å². The van der Waals surface area contributed by atoms with Crippen LogP contribution in [0.4, 0.5) is 11.4 Å². The lowest BCUT2D eigenvalue weighted by Crippen LogP contribution is -2.26. The summed E-state index contributed by atoms with van der Waals surface area (Å²) in [5, 5.41) is 11.7. The zero-order valence-corrected chi connectivity index (χ0v) is 13.7. The lowest BCUT2D eigenvalue weighted by molar-refractivity contribution is 0.0993. The third kappa shape index (κ3) is 4.34. The lowest BCUT2D eigenvalue weighted by Gasteiger charge is -2.17. The Morgan fingerprint density at radius 1 is 1.22 bits per heavy atom. The molecule has 2 aromatic rings. The zero-order chi connectivity index (χ0) is 16.7. The highest BCUT2D eigenvalue weighted by molar-refractivity contribution is 8.13. The van der Waals surface area contributed by atoms with Crippen LogP contribution in [0.25, 0.3) is 0 Å². The minimum Gasteiger partial charge on any atom is -0.311 e. The van der Waals surface area contributed by atoms with Gasteiger partial charge in [0, 0.05) is 18.3 Å². The molecule has 0 aliphatic rings. The van der Waals surface area contributed by atoms with Crippen molar-refractivity contribution >= 4 is 34.2 Å². The van der Waals surface area contributed by atoms with Crippen molar-refractivity contribution < 1.29 is 4.79 Å². The summed E-state index contributed by atoms with van der Waals surface area (Å²) in [6.07, 6.45) is 3.66. The number of aliphatic imine (C=N–C) groups is 1. The molecular formula is C17H16N4OS. The van der Waals surface area contributed by atoms with Crippen molar-refractivity contribution in [1.82, 2.24) is 5.32 Å². The molecule has 0 fully saturated rings. The number of rotatable bonds is 3. The Morgan fingerprint density at radius 2 is 1.96 bits per heavy atom. The Hall–Kier alpha value is -2.78. The van der Waals surface area contributed by atoms with E-state index in [1.165, 1.54) is 11.8 Å². The Labute approximate surface area is 139 Å². The van der Waals surface area contributed by atoms with E-state index in [2.05, 4.69) is 10.3 Å². The summed E-state index contributed by atoms with van der Waals surface area (Å²) in [5.74, 6) is -0.118. The number of para-hydroxylation sites is 1. The molecule has 6 heteroatoms. The van der Waals surface area contributed by atoms with Crippen molar-refractivity contribution in [3.05, 3.63) is 60.2 Å². The van der Waals surface area contributed by atoms with Crippen molar-refractivity contribution in [2.24, 2.45) is 4.99 Å². The maximum absolute atomic E-state index is 12.6. The fourth-order valence-corrected chi connectivity index (χ4v) is 2.31. The van der Waals surface area contributed by atoms with Crippen LogP contribution in [0.2, 0.25) is 0 Å². The van der Waals surface area contributed by atoms with Crippen molar-refractivity contribution in [3.63, 3.8) is 0 Å². The van der Waals surface area contributed by atoms with Gasteiger partial charge in [0.1, 0.15) is 0 Å². The molecule has 0 saturated carbocycles. The molecule has 0 unspecified atom stereocenters. The van der Waals surface area contributed by atoms with Gasteiger partial charge in [-0.3, -0.25) is 10.1 Å². The number of carbonyl (C=O) groups excluding carboxylic acids is 1. The third-order valence-electron chi connectivity index (χ3n) is 3.13. The van der Waals surface area contributed by atoms with Gasteiger partial charge in [-0.05, 0) is 36.6 Å². The second-order valence-corrected chi connectivity index (χ2v) is 5.40. The van der Waals surface area contributed by atoms with E-state index in [0.717, 1.165) is 5.69 Å². The molecule has 116 valence electrons. The number of nitrogens with one attached hydrogen (secondary N) is 1. The SMILES string of the molecule is CSC(=Nc1cccc(C(=O)N(C)c2ccccc2)c1)NC#N. The van der Waals surface area contributed by atoms with Gasteiger partial charge >= 0.3 is 0 Å². The van der Waals surface area contributed by atoms with Crippen molar-refractivity contribution in [3.8, 4) is 6.19 Å². The summed E-state index contributed by atoms with van der Waals surface area (Å²) in [5.41, 5.74) is 1.97. The standard InChI is InChI=1S/C17H16N4OS/c1-21(15-9-4-3-5-10-15)16(22)13-7-6-8-14(11-13)20-17(23-2)19-12-18/h3-11H,1-2H3,(H,19,20). The fourth-order valence-electron chi connectivity index (χ4n) is 1.96. The van der Waals surface area contributed by atoms with Crippen LogP contribution < -0.4 is 10.2 Å². The molecule has 0 heterocycles. The van der Waals surface area contributed by atoms with Gasteiger partial charge in [-0.15, -0.1) is 0 Å². The molecular weight excluding hydrogens is 308 g/mol. The van der Waals surface area contributed by atoms with Gasteiger partial charge in [0.25, 0.3) is 5.91 Å². The van der Waals surface area contributed by atoms with Crippen LogP contribution in [0.15, 0.2) is 59.6 Å². The molecule has 23 heavy (non-hydrogen) atoms. The van der Waals surface area contributed by atoms with Crippen molar-refractivity contribution in [2.45, 2.75) is 0 Å². The molecule has 0 saturated heterocycles. The van der Waals surface area contributed by atoms with Gasteiger partial charge in [0.05, 0.1) is 5.69 Å². The number of thioether (sulfide) groups is 1. The first-order valence-electron chi connectivity index (χ1n) is 6.86. The molecule has 1 amide bonds. The largest absolute Gasteiger partial charge is 0.311 e. The summed E-state index contributed by atoms with van der Waals surface area (Å²) in [6, 6.07) is 16.4. The van der Waals surface area contributed by atoms with Crippen LogP contribution in [-0.4, -0.2) is 24.4 Å². The molecule has 2 rings (SSSR count). The second-order valence-electron chi connectivity index (χ2n) is 4.61. The number of nitrogens with zero attached hydrogens (tertiary/aromatic N) is 3. The van der Waals surface area contributed by atoms with Crippen LogP contribution in [0.5, 0.6) is 0 Å². The highest BCUT2D eigenvalue weighted by Crippen LogP contribution is 2.19. The maximum Gasteiger partial charge on any atom is 0.258 e. The molecule has 2 aromatic carbocycles. The summed E-state index contributed by atoms with van der Waals surface area (Å²) in [7, 11) is 1.73. The number of benzene rings is 2. The fraction of sp³-hybridized carbons (Fsp3) is 0.118. The average Bonchev–Trinajstić information content (AvgIpc) is 2.61.